The minimum atomic E-state index is 0.0399. The highest BCUT2D eigenvalue weighted by Crippen LogP contribution is 2.34. The number of rotatable bonds is 0. The zero-order valence-electron chi connectivity index (χ0n) is 6.74. The number of carbonyl (C=O) groups is 1. The van der Waals surface area contributed by atoms with Gasteiger partial charge in [0, 0.05) is 0 Å². The number of hydrogen-bond acceptors (Lipinski definition) is 3. The number of hydrogen-bond donors (Lipinski definition) is 0. The number of furan rings is 1. The maximum Gasteiger partial charge on any atom is 0.203 e. The Hall–Kier alpha value is -1.77. The number of carbonyl (C=O) groups excluding carboxylic acids is 1. The molecule has 0 unspecified atom stereocenters. The molecule has 0 amide bonds. The Balaban J connectivity index is 2.45. The van der Waals surface area contributed by atoms with Crippen molar-refractivity contribution in [1.82, 2.24) is 0 Å². The van der Waals surface area contributed by atoms with Gasteiger partial charge < -0.3 is 9.15 Å². The highest BCUT2D eigenvalue weighted by molar-refractivity contribution is 6.07. The second-order valence-electron chi connectivity index (χ2n) is 2.99. The lowest BCUT2D eigenvalue weighted by Crippen LogP contribution is -1.98. The Morgan fingerprint density at radius 2 is 2.15 bits per heavy atom. The summed E-state index contributed by atoms with van der Waals surface area (Å²) in [5.74, 6) is 0.703. The van der Waals surface area contributed by atoms with E-state index >= 15 is 0 Å². The molecule has 2 aromatic rings. The van der Waals surface area contributed by atoms with Crippen molar-refractivity contribution in [2.24, 2.45) is 0 Å². The fourth-order valence-corrected chi connectivity index (χ4v) is 1.61. The highest BCUT2D eigenvalue weighted by atomic mass is 16.5. The second kappa shape index (κ2) is 2.13. The van der Waals surface area contributed by atoms with Crippen molar-refractivity contribution in [3.05, 3.63) is 30.0 Å². The van der Waals surface area contributed by atoms with E-state index in [1.807, 2.05) is 6.07 Å². The van der Waals surface area contributed by atoms with Crippen molar-refractivity contribution >= 4 is 16.8 Å². The molecule has 0 spiro atoms. The summed E-state index contributed by atoms with van der Waals surface area (Å²) in [4.78, 5) is 11.3. The minimum absolute atomic E-state index is 0.0399. The molecule has 2 heterocycles. The summed E-state index contributed by atoms with van der Waals surface area (Å²) >= 11 is 0. The predicted molar refractivity (Wildman–Crippen MR) is 46.0 cm³/mol. The Labute approximate surface area is 73.9 Å². The summed E-state index contributed by atoms with van der Waals surface area (Å²) in [7, 11) is 0. The molecule has 1 aromatic carbocycles. The quantitative estimate of drug-likeness (QED) is 0.613. The molecular formula is C10H6O3. The van der Waals surface area contributed by atoms with Crippen LogP contribution in [0.4, 0.5) is 0 Å². The number of fused-ring (bicyclic) bond motifs is 3. The standard InChI is InChI=1S/C10H6O3/c11-8-5-13-10-6(8)1-2-9-7(10)3-4-12-9/h1-4H,5H2. The molecule has 0 saturated carbocycles. The third kappa shape index (κ3) is 0.758. The zero-order chi connectivity index (χ0) is 8.84. The van der Waals surface area contributed by atoms with E-state index in [0.717, 1.165) is 11.0 Å². The lowest BCUT2D eigenvalue weighted by Gasteiger charge is -1.96. The molecule has 1 aliphatic heterocycles. The van der Waals surface area contributed by atoms with Gasteiger partial charge in [-0.05, 0) is 18.2 Å². The van der Waals surface area contributed by atoms with Crippen molar-refractivity contribution in [2.45, 2.75) is 0 Å². The number of benzene rings is 1. The molecule has 0 aliphatic carbocycles. The van der Waals surface area contributed by atoms with Gasteiger partial charge in [-0.2, -0.15) is 0 Å². The van der Waals surface area contributed by atoms with Crippen LogP contribution in [0.3, 0.4) is 0 Å². The first-order valence-electron chi connectivity index (χ1n) is 4.02. The summed E-state index contributed by atoms with van der Waals surface area (Å²) in [5.41, 5.74) is 1.42. The van der Waals surface area contributed by atoms with E-state index in [1.165, 1.54) is 0 Å². The maximum atomic E-state index is 11.3. The average molecular weight is 174 g/mol. The molecule has 0 bridgehead atoms. The van der Waals surface area contributed by atoms with Gasteiger partial charge in [0.2, 0.25) is 5.78 Å². The van der Waals surface area contributed by atoms with Gasteiger partial charge in [-0.15, -0.1) is 0 Å². The van der Waals surface area contributed by atoms with Crippen LogP contribution in [0.15, 0.2) is 28.9 Å². The normalized spacial score (nSPS) is 14.6. The Bertz CT molecular complexity index is 496. The van der Waals surface area contributed by atoms with Crippen molar-refractivity contribution in [3.8, 4) is 5.75 Å². The average Bonchev–Trinajstić information content (AvgIpc) is 2.70. The molecule has 13 heavy (non-hydrogen) atoms. The minimum Gasteiger partial charge on any atom is -0.484 e. The lowest BCUT2D eigenvalue weighted by atomic mass is 10.1. The fourth-order valence-electron chi connectivity index (χ4n) is 1.61. The first kappa shape index (κ1) is 6.71. The summed E-state index contributed by atoms with van der Waals surface area (Å²) in [6, 6.07) is 5.35. The molecule has 0 radical (unpaired) electrons. The van der Waals surface area contributed by atoms with Crippen molar-refractivity contribution in [3.63, 3.8) is 0 Å². The Morgan fingerprint density at radius 3 is 3.08 bits per heavy atom. The van der Waals surface area contributed by atoms with E-state index in [0.29, 0.717) is 11.3 Å². The van der Waals surface area contributed by atoms with Crippen LogP contribution < -0.4 is 4.74 Å². The molecule has 0 N–H and O–H groups in total. The molecule has 0 fully saturated rings. The topological polar surface area (TPSA) is 39.4 Å². The Morgan fingerprint density at radius 1 is 1.23 bits per heavy atom. The summed E-state index contributed by atoms with van der Waals surface area (Å²) in [5, 5.41) is 0.878. The molecule has 3 heteroatoms. The fraction of sp³-hybridized carbons (Fsp3) is 0.100. The number of ketones is 1. The van der Waals surface area contributed by atoms with Crippen LogP contribution in [0, 0.1) is 0 Å². The van der Waals surface area contributed by atoms with Crippen LogP contribution in [-0.2, 0) is 0 Å². The smallest absolute Gasteiger partial charge is 0.203 e. The van der Waals surface area contributed by atoms with Gasteiger partial charge >= 0.3 is 0 Å². The van der Waals surface area contributed by atoms with Crippen LogP contribution in [0.25, 0.3) is 11.0 Å². The molecule has 1 aromatic heterocycles. The largest absolute Gasteiger partial charge is 0.484 e. The molecule has 3 rings (SSSR count). The molecule has 3 nitrogen and oxygen atoms in total. The van der Waals surface area contributed by atoms with Gasteiger partial charge in [0.1, 0.15) is 11.3 Å². The van der Waals surface area contributed by atoms with Crippen LogP contribution >= 0.6 is 0 Å². The molecular weight excluding hydrogens is 168 g/mol. The lowest BCUT2D eigenvalue weighted by molar-refractivity contribution is 0.0961. The first-order valence-corrected chi connectivity index (χ1v) is 4.02. The van der Waals surface area contributed by atoms with E-state index < -0.39 is 0 Å². The van der Waals surface area contributed by atoms with Crippen LogP contribution in [0.2, 0.25) is 0 Å². The van der Waals surface area contributed by atoms with Gasteiger partial charge in [-0.1, -0.05) is 0 Å². The van der Waals surface area contributed by atoms with Gasteiger partial charge in [0.15, 0.2) is 6.61 Å². The van der Waals surface area contributed by atoms with Crippen molar-refractivity contribution < 1.29 is 13.9 Å². The van der Waals surface area contributed by atoms with E-state index in [1.54, 1.807) is 18.4 Å². The third-order valence-electron chi connectivity index (χ3n) is 2.23. The van der Waals surface area contributed by atoms with E-state index in [-0.39, 0.29) is 12.4 Å². The molecule has 0 saturated heterocycles. The van der Waals surface area contributed by atoms with E-state index in [9.17, 15) is 4.79 Å². The van der Waals surface area contributed by atoms with Crippen LogP contribution in [-0.4, -0.2) is 12.4 Å². The maximum absolute atomic E-state index is 11.3. The second-order valence-corrected chi connectivity index (χ2v) is 2.99. The zero-order valence-corrected chi connectivity index (χ0v) is 6.74. The third-order valence-corrected chi connectivity index (χ3v) is 2.23. The van der Waals surface area contributed by atoms with Crippen molar-refractivity contribution in [2.75, 3.05) is 6.61 Å². The van der Waals surface area contributed by atoms with Gasteiger partial charge in [-0.25, -0.2) is 0 Å². The summed E-state index contributed by atoms with van der Waals surface area (Å²) in [6.45, 7) is 0.152. The highest BCUT2D eigenvalue weighted by Gasteiger charge is 2.23. The van der Waals surface area contributed by atoms with E-state index in [4.69, 9.17) is 9.15 Å². The Kier molecular flexibility index (Phi) is 1.10. The van der Waals surface area contributed by atoms with Crippen LogP contribution in [0.1, 0.15) is 10.4 Å². The number of ether oxygens (including phenoxy) is 1. The first-order chi connectivity index (χ1) is 6.36. The molecule has 64 valence electrons. The summed E-state index contributed by atoms with van der Waals surface area (Å²) < 4.78 is 10.5. The monoisotopic (exact) mass is 174 g/mol. The number of Topliss-reactive ketones (excluding diaryl/α,β-unsaturated/α-hetero) is 1. The molecule has 0 atom stereocenters. The summed E-state index contributed by atoms with van der Waals surface area (Å²) in [6.07, 6.45) is 1.59. The van der Waals surface area contributed by atoms with Gasteiger partial charge in [-0.3, -0.25) is 4.79 Å². The van der Waals surface area contributed by atoms with E-state index in [2.05, 4.69) is 0 Å². The molecule has 1 aliphatic rings. The van der Waals surface area contributed by atoms with Gasteiger partial charge in [0.25, 0.3) is 0 Å². The SMILES string of the molecule is O=C1COc2c1ccc1occc21. The van der Waals surface area contributed by atoms with Crippen LogP contribution in [0.5, 0.6) is 5.75 Å². The van der Waals surface area contributed by atoms with Gasteiger partial charge in [0.05, 0.1) is 17.2 Å². The predicted octanol–water partition coefficient (Wildman–Crippen LogP) is 2.01. The van der Waals surface area contributed by atoms with Crippen molar-refractivity contribution in [1.29, 1.82) is 0 Å².